The number of ketones is 1. The lowest BCUT2D eigenvalue weighted by Gasteiger charge is -2.59. The number of hydrogen-bond acceptors (Lipinski definition) is 2. The topological polar surface area (TPSA) is 40.9 Å². The Morgan fingerprint density at radius 1 is 1.06 bits per heavy atom. The molecule has 0 heterocycles. The lowest BCUT2D eigenvalue weighted by Crippen LogP contribution is -2.50. The van der Waals surface area contributed by atoms with Crippen molar-refractivity contribution in [3.8, 4) is 6.07 Å². The fraction of sp³-hybridized carbons (Fsp3) is 0.875. The van der Waals surface area contributed by atoms with Gasteiger partial charge in [-0.05, 0) is 68.1 Å². The van der Waals surface area contributed by atoms with Crippen LogP contribution in [0.5, 0.6) is 0 Å². The number of Topliss-reactive ketones (excluding diaryl/α,β-unsaturated/α-hetero) is 1. The van der Waals surface area contributed by atoms with Crippen molar-refractivity contribution in [2.45, 2.75) is 57.8 Å². The Labute approximate surface area is 109 Å². The molecule has 5 aliphatic carbocycles. The maximum absolute atomic E-state index is 11.3. The smallest absolute Gasteiger partial charge is 0.136 e. The summed E-state index contributed by atoms with van der Waals surface area (Å²) in [5.74, 6) is 3.15. The maximum atomic E-state index is 11.3. The highest BCUT2D eigenvalue weighted by atomic mass is 16.1. The average Bonchev–Trinajstić information content (AvgIpc) is 2.24. The zero-order valence-corrected chi connectivity index (χ0v) is 11.0. The maximum Gasteiger partial charge on any atom is 0.136 e. The van der Waals surface area contributed by atoms with Crippen LogP contribution in [0.3, 0.4) is 0 Å². The molecule has 5 aliphatic rings. The van der Waals surface area contributed by atoms with Gasteiger partial charge in [-0.1, -0.05) is 0 Å². The molecule has 0 amide bonds. The summed E-state index contributed by atoms with van der Waals surface area (Å²) < 4.78 is 0. The highest BCUT2D eigenvalue weighted by molar-refractivity contribution is 5.87. The van der Waals surface area contributed by atoms with Crippen molar-refractivity contribution in [3.05, 3.63) is 0 Å². The fourth-order valence-electron chi connectivity index (χ4n) is 6.17. The second-order valence-electron chi connectivity index (χ2n) is 7.88. The standard InChI is InChI=1S/C16H21NO/c17-10-16(7-14(18)8-16)9-15-4-11-1-12(5-15)3-13(2-11)6-15/h11-13H,1-9H2. The SMILES string of the molecule is N#CC1(CC23CC4CC(CC(C4)C2)C3)CC(=O)C1. The first-order chi connectivity index (χ1) is 8.60. The zero-order chi connectivity index (χ0) is 12.4. The zero-order valence-electron chi connectivity index (χ0n) is 11.0. The van der Waals surface area contributed by atoms with Crippen molar-refractivity contribution in [2.75, 3.05) is 0 Å². The summed E-state index contributed by atoms with van der Waals surface area (Å²) in [7, 11) is 0. The molecule has 0 spiro atoms. The van der Waals surface area contributed by atoms with E-state index in [9.17, 15) is 10.1 Å². The Morgan fingerprint density at radius 3 is 1.94 bits per heavy atom. The van der Waals surface area contributed by atoms with Crippen molar-refractivity contribution in [1.29, 1.82) is 5.26 Å². The number of carbonyl (C=O) groups excluding carboxylic acids is 1. The predicted octanol–water partition coefficient (Wildman–Crippen LogP) is 3.47. The van der Waals surface area contributed by atoms with Crippen LogP contribution in [0, 0.1) is 39.9 Å². The van der Waals surface area contributed by atoms with E-state index in [2.05, 4.69) is 6.07 Å². The molecule has 0 saturated heterocycles. The third-order valence-electron chi connectivity index (χ3n) is 6.19. The van der Waals surface area contributed by atoms with Gasteiger partial charge in [-0.15, -0.1) is 0 Å². The van der Waals surface area contributed by atoms with Crippen LogP contribution in [0.25, 0.3) is 0 Å². The van der Waals surface area contributed by atoms with E-state index in [0.717, 1.165) is 24.2 Å². The van der Waals surface area contributed by atoms with Gasteiger partial charge in [-0.3, -0.25) is 4.79 Å². The van der Waals surface area contributed by atoms with Crippen molar-refractivity contribution in [1.82, 2.24) is 0 Å². The Balaban J connectivity index is 1.58. The highest BCUT2D eigenvalue weighted by Gasteiger charge is 2.56. The van der Waals surface area contributed by atoms with Crippen LogP contribution < -0.4 is 0 Å². The van der Waals surface area contributed by atoms with Crippen molar-refractivity contribution < 1.29 is 4.79 Å². The van der Waals surface area contributed by atoms with Crippen molar-refractivity contribution in [3.63, 3.8) is 0 Å². The van der Waals surface area contributed by atoms with Gasteiger partial charge in [0.25, 0.3) is 0 Å². The summed E-state index contributed by atoms with van der Waals surface area (Å²) >= 11 is 0. The number of nitrogens with zero attached hydrogens (tertiary/aromatic N) is 1. The molecule has 2 nitrogen and oxygen atoms in total. The first kappa shape index (κ1) is 11.0. The second kappa shape index (κ2) is 3.38. The predicted molar refractivity (Wildman–Crippen MR) is 67.5 cm³/mol. The summed E-state index contributed by atoms with van der Waals surface area (Å²) in [6.45, 7) is 0. The summed E-state index contributed by atoms with van der Waals surface area (Å²) in [5, 5.41) is 9.45. The van der Waals surface area contributed by atoms with E-state index in [1.807, 2.05) is 0 Å². The van der Waals surface area contributed by atoms with Gasteiger partial charge in [0.2, 0.25) is 0 Å². The van der Waals surface area contributed by atoms with E-state index >= 15 is 0 Å². The van der Waals surface area contributed by atoms with Gasteiger partial charge in [0.05, 0.1) is 11.5 Å². The molecular formula is C16H21NO. The first-order valence-electron chi connectivity index (χ1n) is 7.53. The third-order valence-corrected chi connectivity index (χ3v) is 6.19. The molecule has 0 aromatic heterocycles. The fourth-order valence-corrected chi connectivity index (χ4v) is 6.17. The van der Waals surface area contributed by atoms with Crippen LogP contribution in [0.2, 0.25) is 0 Å². The molecule has 5 rings (SSSR count). The molecule has 0 aromatic carbocycles. The largest absolute Gasteiger partial charge is 0.300 e. The normalized spacial score (nSPS) is 47.7. The number of hydrogen-bond donors (Lipinski definition) is 0. The molecule has 0 aliphatic heterocycles. The Kier molecular flexibility index (Phi) is 2.07. The minimum Gasteiger partial charge on any atom is -0.300 e. The molecule has 5 saturated carbocycles. The van der Waals surface area contributed by atoms with E-state index in [0.29, 0.717) is 24.0 Å². The monoisotopic (exact) mass is 243 g/mol. The third kappa shape index (κ3) is 1.49. The Hall–Kier alpha value is -0.840. The molecular weight excluding hydrogens is 222 g/mol. The van der Waals surface area contributed by atoms with Gasteiger partial charge in [-0.2, -0.15) is 5.26 Å². The molecule has 18 heavy (non-hydrogen) atoms. The summed E-state index contributed by atoms with van der Waals surface area (Å²) in [6, 6.07) is 2.50. The molecule has 5 fully saturated rings. The van der Waals surface area contributed by atoms with Crippen molar-refractivity contribution >= 4 is 5.78 Å². The first-order valence-corrected chi connectivity index (χ1v) is 7.53. The van der Waals surface area contributed by atoms with Gasteiger partial charge >= 0.3 is 0 Å². The van der Waals surface area contributed by atoms with E-state index in [1.54, 1.807) is 0 Å². The van der Waals surface area contributed by atoms with Crippen molar-refractivity contribution in [2.24, 2.45) is 28.6 Å². The number of nitriles is 1. The molecule has 0 atom stereocenters. The van der Waals surface area contributed by atoms with Crippen LogP contribution in [-0.4, -0.2) is 5.78 Å². The van der Waals surface area contributed by atoms with Crippen LogP contribution in [0.15, 0.2) is 0 Å². The molecule has 96 valence electrons. The number of rotatable bonds is 2. The van der Waals surface area contributed by atoms with Crippen LogP contribution in [-0.2, 0) is 4.79 Å². The van der Waals surface area contributed by atoms with Gasteiger partial charge in [-0.25, -0.2) is 0 Å². The van der Waals surface area contributed by atoms with E-state index < -0.39 is 0 Å². The van der Waals surface area contributed by atoms with Gasteiger partial charge in [0.15, 0.2) is 0 Å². The summed E-state index contributed by atoms with van der Waals surface area (Å²) in [5.41, 5.74) is 0.188. The molecule has 2 heteroatoms. The minimum absolute atomic E-state index is 0.261. The molecule has 0 radical (unpaired) electrons. The van der Waals surface area contributed by atoms with Gasteiger partial charge in [0, 0.05) is 12.8 Å². The molecule has 0 N–H and O–H groups in total. The van der Waals surface area contributed by atoms with Crippen LogP contribution >= 0.6 is 0 Å². The lowest BCUT2D eigenvalue weighted by atomic mass is 9.45. The lowest BCUT2D eigenvalue weighted by molar-refractivity contribution is -0.135. The van der Waals surface area contributed by atoms with Crippen LogP contribution in [0.4, 0.5) is 0 Å². The molecule has 4 bridgehead atoms. The number of carbonyl (C=O) groups is 1. The van der Waals surface area contributed by atoms with Gasteiger partial charge in [0.1, 0.15) is 5.78 Å². The average molecular weight is 243 g/mol. The van der Waals surface area contributed by atoms with Crippen LogP contribution in [0.1, 0.15) is 57.8 Å². The highest BCUT2D eigenvalue weighted by Crippen LogP contribution is 2.64. The second-order valence-corrected chi connectivity index (χ2v) is 7.88. The van der Waals surface area contributed by atoms with Gasteiger partial charge < -0.3 is 0 Å². The Morgan fingerprint density at radius 2 is 1.56 bits per heavy atom. The summed E-state index contributed by atoms with van der Waals surface area (Å²) in [4.78, 5) is 11.3. The quantitative estimate of drug-likeness (QED) is 0.745. The molecule has 0 unspecified atom stereocenters. The summed E-state index contributed by atoms with van der Waals surface area (Å²) in [6.07, 6.45) is 10.6. The molecule has 0 aromatic rings. The minimum atomic E-state index is -0.261. The van der Waals surface area contributed by atoms with E-state index in [-0.39, 0.29) is 5.41 Å². The van der Waals surface area contributed by atoms with E-state index in [4.69, 9.17) is 0 Å². The van der Waals surface area contributed by atoms with E-state index in [1.165, 1.54) is 38.5 Å². The Bertz CT molecular complexity index is 401.